The molecule has 3 nitrogen and oxygen atoms in total. The van der Waals surface area contributed by atoms with E-state index in [1.54, 1.807) is 0 Å². The number of hydrogen-bond acceptors (Lipinski definition) is 3. The van der Waals surface area contributed by atoms with Crippen LogP contribution in [0.3, 0.4) is 0 Å². The van der Waals surface area contributed by atoms with Gasteiger partial charge in [-0.3, -0.25) is 0 Å². The molecule has 2 fully saturated rings. The maximum atomic E-state index is 11.4. The lowest BCUT2D eigenvalue weighted by Gasteiger charge is -2.23. The molecule has 0 aromatic rings. The van der Waals surface area contributed by atoms with Crippen molar-refractivity contribution in [2.75, 3.05) is 11.5 Å². The van der Waals surface area contributed by atoms with Crippen molar-refractivity contribution >= 4 is 9.84 Å². The second kappa shape index (κ2) is 4.42. The summed E-state index contributed by atoms with van der Waals surface area (Å²) in [6, 6.07) is 0.846. The van der Waals surface area contributed by atoms with Gasteiger partial charge in [-0.2, -0.15) is 0 Å². The fourth-order valence-electron chi connectivity index (χ4n) is 2.60. The summed E-state index contributed by atoms with van der Waals surface area (Å²) in [5.74, 6) is 1.58. The van der Waals surface area contributed by atoms with E-state index in [4.69, 9.17) is 0 Å². The van der Waals surface area contributed by atoms with E-state index < -0.39 is 9.84 Å². The van der Waals surface area contributed by atoms with E-state index in [0.29, 0.717) is 17.5 Å². The first-order valence-electron chi connectivity index (χ1n) is 6.07. The molecule has 3 atom stereocenters. The van der Waals surface area contributed by atoms with Gasteiger partial charge in [-0.25, -0.2) is 8.42 Å². The van der Waals surface area contributed by atoms with Crippen LogP contribution in [0.4, 0.5) is 0 Å². The second-order valence-corrected chi connectivity index (χ2v) is 7.24. The van der Waals surface area contributed by atoms with Crippen molar-refractivity contribution in [2.45, 2.75) is 51.1 Å². The molecule has 3 unspecified atom stereocenters. The van der Waals surface area contributed by atoms with Crippen molar-refractivity contribution in [2.24, 2.45) is 5.92 Å². The highest BCUT2D eigenvalue weighted by molar-refractivity contribution is 7.91. The molecular formula is C11H21NO2S. The molecule has 2 aliphatic rings. The third-order valence-corrected chi connectivity index (χ3v) is 5.32. The van der Waals surface area contributed by atoms with E-state index in [-0.39, 0.29) is 6.04 Å². The minimum absolute atomic E-state index is 0.232. The van der Waals surface area contributed by atoms with Crippen molar-refractivity contribution in [1.82, 2.24) is 5.32 Å². The van der Waals surface area contributed by atoms with Gasteiger partial charge < -0.3 is 5.32 Å². The minimum Gasteiger partial charge on any atom is -0.310 e. The molecule has 1 heterocycles. The maximum Gasteiger partial charge on any atom is 0.151 e. The molecule has 1 N–H and O–H groups in total. The Hall–Kier alpha value is -0.0900. The van der Waals surface area contributed by atoms with Crippen LogP contribution in [-0.2, 0) is 9.84 Å². The summed E-state index contributed by atoms with van der Waals surface area (Å²) < 4.78 is 22.9. The van der Waals surface area contributed by atoms with Crippen molar-refractivity contribution in [3.05, 3.63) is 0 Å². The van der Waals surface area contributed by atoms with E-state index in [9.17, 15) is 8.42 Å². The van der Waals surface area contributed by atoms with Crippen molar-refractivity contribution < 1.29 is 8.42 Å². The van der Waals surface area contributed by atoms with E-state index in [0.717, 1.165) is 18.8 Å². The second-order valence-electron chi connectivity index (χ2n) is 5.01. The van der Waals surface area contributed by atoms with Crippen molar-refractivity contribution in [3.8, 4) is 0 Å². The van der Waals surface area contributed by atoms with Crippen LogP contribution < -0.4 is 5.32 Å². The van der Waals surface area contributed by atoms with Gasteiger partial charge in [0.15, 0.2) is 9.84 Å². The number of hydrogen-bond donors (Lipinski definition) is 1. The highest BCUT2D eigenvalue weighted by Gasteiger charge is 2.38. The third-order valence-electron chi connectivity index (χ3n) is 3.49. The number of sulfone groups is 1. The van der Waals surface area contributed by atoms with Crippen LogP contribution >= 0.6 is 0 Å². The Morgan fingerprint density at radius 1 is 1.40 bits per heavy atom. The molecule has 88 valence electrons. The zero-order valence-corrected chi connectivity index (χ0v) is 10.2. The fraction of sp³-hybridized carbons (Fsp3) is 1.00. The smallest absolute Gasteiger partial charge is 0.151 e. The largest absolute Gasteiger partial charge is 0.310 e. The number of rotatable bonds is 4. The quantitative estimate of drug-likeness (QED) is 0.794. The van der Waals surface area contributed by atoms with Gasteiger partial charge in [0, 0.05) is 12.1 Å². The molecule has 1 saturated heterocycles. The molecule has 4 heteroatoms. The standard InChI is InChI=1S/C11H21NO2S/c1-2-4-9-7-11(9)12-10-5-3-6-15(13,14)8-10/h9-12H,2-8H2,1H3. The van der Waals surface area contributed by atoms with Crippen molar-refractivity contribution in [1.29, 1.82) is 0 Å². The van der Waals surface area contributed by atoms with Gasteiger partial charge >= 0.3 is 0 Å². The first kappa shape index (κ1) is 11.4. The number of nitrogens with one attached hydrogen (secondary N) is 1. The van der Waals surface area contributed by atoms with Gasteiger partial charge in [0.2, 0.25) is 0 Å². The van der Waals surface area contributed by atoms with Gasteiger partial charge in [-0.05, 0) is 31.6 Å². The highest BCUT2D eigenvalue weighted by atomic mass is 32.2. The van der Waals surface area contributed by atoms with Crippen LogP contribution in [0.25, 0.3) is 0 Å². The monoisotopic (exact) mass is 231 g/mol. The summed E-state index contributed by atoms with van der Waals surface area (Å²) in [6.07, 6.45) is 5.66. The molecule has 0 spiro atoms. The van der Waals surface area contributed by atoms with Gasteiger partial charge in [0.05, 0.1) is 11.5 Å². The lowest BCUT2D eigenvalue weighted by Crippen LogP contribution is -2.41. The van der Waals surface area contributed by atoms with Crippen LogP contribution in [0, 0.1) is 5.92 Å². The van der Waals surface area contributed by atoms with Crippen molar-refractivity contribution in [3.63, 3.8) is 0 Å². The lowest BCUT2D eigenvalue weighted by molar-refractivity contribution is 0.463. The first-order valence-corrected chi connectivity index (χ1v) is 7.89. The highest BCUT2D eigenvalue weighted by Crippen LogP contribution is 2.35. The molecule has 0 amide bonds. The van der Waals surface area contributed by atoms with E-state index in [2.05, 4.69) is 12.2 Å². The Kier molecular flexibility index (Phi) is 3.36. The Balaban J connectivity index is 1.76. The maximum absolute atomic E-state index is 11.4. The van der Waals surface area contributed by atoms with E-state index in [1.807, 2.05) is 0 Å². The fourth-order valence-corrected chi connectivity index (χ4v) is 4.25. The minimum atomic E-state index is -2.74. The van der Waals surface area contributed by atoms with Crippen LogP contribution in [0.2, 0.25) is 0 Å². The molecule has 1 aliphatic carbocycles. The molecule has 1 saturated carbocycles. The molecule has 2 rings (SSSR count). The Morgan fingerprint density at radius 2 is 2.20 bits per heavy atom. The van der Waals surface area contributed by atoms with Crippen LogP contribution in [-0.4, -0.2) is 32.0 Å². The summed E-state index contributed by atoms with van der Waals surface area (Å²) in [6.45, 7) is 2.21. The zero-order valence-electron chi connectivity index (χ0n) is 9.41. The molecule has 0 bridgehead atoms. The molecule has 15 heavy (non-hydrogen) atoms. The summed E-state index contributed by atoms with van der Waals surface area (Å²) in [5, 5.41) is 3.50. The first-order chi connectivity index (χ1) is 7.11. The van der Waals surface area contributed by atoms with Gasteiger partial charge in [0.1, 0.15) is 0 Å². The lowest BCUT2D eigenvalue weighted by atomic mass is 10.2. The van der Waals surface area contributed by atoms with E-state index >= 15 is 0 Å². The normalized spacial score (nSPS) is 38.9. The third kappa shape index (κ3) is 3.18. The SMILES string of the molecule is CCCC1CC1NC1CCCS(=O)(=O)C1. The Labute approximate surface area is 92.6 Å². The Bertz CT molecular complexity index is 313. The summed E-state index contributed by atoms with van der Waals surface area (Å²) in [5.41, 5.74) is 0. The predicted octanol–water partition coefficient (Wildman–Crippen LogP) is 1.34. The molecule has 1 aliphatic heterocycles. The van der Waals surface area contributed by atoms with Crippen LogP contribution in [0.15, 0.2) is 0 Å². The van der Waals surface area contributed by atoms with Gasteiger partial charge in [-0.1, -0.05) is 13.3 Å². The molecule has 0 aromatic heterocycles. The van der Waals surface area contributed by atoms with Gasteiger partial charge in [-0.15, -0.1) is 0 Å². The molecular weight excluding hydrogens is 210 g/mol. The predicted molar refractivity (Wildman–Crippen MR) is 61.6 cm³/mol. The Morgan fingerprint density at radius 3 is 2.87 bits per heavy atom. The molecule has 0 radical (unpaired) electrons. The van der Waals surface area contributed by atoms with Gasteiger partial charge in [0.25, 0.3) is 0 Å². The van der Waals surface area contributed by atoms with E-state index in [1.165, 1.54) is 19.3 Å². The average Bonchev–Trinajstić information content (AvgIpc) is 2.82. The summed E-state index contributed by atoms with van der Waals surface area (Å²) in [7, 11) is -2.74. The molecule has 0 aromatic carbocycles. The topological polar surface area (TPSA) is 46.2 Å². The summed E-state index contributed by atoms with van der Waals surface area (Å²) >= 11 is 0. The summed E-state index contributed by atoms with van der Waals surface area (Å²) in [4.78, 5) is 0. The van der Waals surface area contributed by atoms with Crippen LogP contribution in [0.5, 0.6) is 0 Å². The van der Waals surface area contributed by atoms with Crippen LogP contribution in [0.1, 0.15) is 39.0 Å². The average molecular weight is 231 g/mol. The zero-order chi connectivity index (χ0) is 10.9.